The number of carbonyl (C=O) groups excluding carboxylic acids is 3. The lowest BCUT2D eigenvalue weighted by Crippen LogP contribution is -2.48. The first-order valence-electron chi connectivity index (χ1n) is 20.1. The number of anilines is 7. The van der Waals surface area contributed by atoms with Crippen molar-refractivity contribution in [3.8, 4) is 0 Å². The van der Waals surface area contributed by atoms with E-state index >= 15 is 0 Å². The van der Waals surface area contributed by atoms with Crippen molar-refractivity contribution in [3.05, 3.63) is 77.1 Å². The standard InChI is InChI=1S/C26H32N8O2S.C14H19N7OS/c1-17-14-22(37-32-17)31-25-23(24(27)35)28-15-21(30-25)34-13-5-6-19(16-34)29-26(36)18-7-9-20(10-8-18)33-11-3-2-4-12-33;1-8-5-11(23-20-8)19-14-12(13(16)22)17-6-10(18-14)21-4-2-3-9(15)7-21/h7-10,14-15,19H,2-6,11-13,16H2,1H3,(H2,27,35)(H,29,36)(H,30,31);5-6,9H,2-4,7,15H2,1H3,(H2,16,22)(H,18,19)/t19-;9-/m11/s1. The number of carbonyl (C=O) groups is 3. The molecule has 3 saturated heterocycles. The average molecular weight is 854 g/mol. The zero-order valence-electron chi connectivity index (χ0n) is 33.8. The Kier molecular flexibility index (Phi) is 13.6. The zero-order valence-corrected chi connectivity index (χ0v) is 35.4. The maximum Gasteiger partial charge on any atom is 0.271 e. The number of benzene rings is 1. The van der Waals surface area contributed by atoms with Crippen LogP contribution in [0.2, 0.25) is 0 Å². The van der Waals surface area contributed by atoms with Gasteiger partial charge in [0.25, 0.3) is 17.7 Å². The van der Waals surface area contributed by atoms with Crippen molar-refractivity contribution < 1.29 is 14.4 Å². The van der Waals surface area contributed by atoms with Crippen molar-refractivity contribution >= 4 is 79.7 Å². The maximum atomic E-state index is 13.0. The summed E-state index contributed by atoms with van der Waals surface area (Å²) in [6, 6.07) is 11.8. The van der Waals surface area contributed by atoms with Crippen LogP contribution in [0.3, 0.4) is 0 Å². The summed E-state index contributed by atoms with van der Waals surface area (Å²) in [5, 5.41) is 10.9. The van der Waals surface area contributed by atoms with Crippen LogP contribution in [0.25, 0.3) is 0 Å². The number of nitrogens with one attached hydrogen (secondary N) is 3. The minimum Gasteiger partial charge on any atom is -0.372 e. The fourth-order valence-electron chi connectivity index (χ4n) is 7.44. The smallest absolute Gasteiger partial charge is 0.271 e. The number of hydrogen-bond donors (Lipinski definition) is 6. The largest absolute Gasteiger partial charge is 0.372 e. The van der Waals surface area contributed by atoms with Crippen LogP contribution in [0.5, 0.6) is 0 Å². The topological polar surface area (TPSA) is 252 Å². The molecule has 316 valence electrons. The highest BCUT2D eigenvalue weighted by Gasteiger charge is 2.26. The Morgan fingerprint density at radius 2 is 1.20 bits per heavy atom. The summed E-state index contributed by atoms with van der Waals surface area (Å²) in [5.74, 6) is 0.606. The summed E-state index contributed by atoms with van der Waals surface area (Å²) in [7, 11) is 0. The molecular formula is C40H51N15O3S2. The lowest BCUT2D eigenvalue weighted by molar-refractivity contribution is 0.0931. The Balaban J connectivity index is 0.000000203. The van der Waals surface area contributed by atoms with E-state index in [4.69, 9.17) is 17.2 Å². The average Bonchev–Trinajstić information content (AvgIpc) is 3.87. The fraction of sp³-hybridized carbons (Fsp3) is 0.425. The lowest BCUT2D eigenvalue weighted by atomic mass is 10.0. The Hall–Kier alpha value is -5.99. The van der Waals surface area contributed by atoms with E-state index < -0.39 is 11.8 Å². The molecule has 20 heteroatoms. The van der Waals surface area contributed by atoms with E-state index in [0.717, 1.165) is 79.8 Å². The van der Waals surface area contributed by atoms with E-state index in [0.29, 0.717) is 35.4 Å². The van der Waals surface area contributed by atoms with Crippen LogP contribution in [0.15, 0.2) is 48.8 Å². The molecule has 3 fully saturated rings. The zero-order chi connectivity index (χ0) is 42.2. The van der Waals surface area contributed by atoms with Crippen molar-refractivity contribution in [2.45, 2.75) is 70.9 Å². The highest BCUT2D eigenvalue weighted by molar-refractivity contribution is 7.10. The number of nitrogens with two attached hydrogens (primary N) is 3. The third kappa shape index (κ3) is 10.8. The molecule has 3 aliphatic heterocycles. The number of primary amides is 2. The monoisotopic (exact) mass is 853 g/mol. The highest BCUT2D eigenvalue weighted by Crippen LogP contribution is 2.28. The van der Waals surface area contributed by atoms with Gasteiger partial charge in [-0.1, -0.05) is 0 Å². The minimum absolute atomic E-state index is 0.0267. The SMILES string of the molecule is Cc1cc(Nc2nc(N3CCC[C@@H](N)C3)cnc2C(N)=O)sn1.Cc1cc(Nc2nc(N3CCC[C@@H](NC(=O)c4ccc(N5CCCCC5)cc4)C3)cnc2C(N)=O)sn1. The molecule has 0 spiro atoms. The van der Waals surface area contributed by atoms with Crippen LogP contribution < -0.4 is 47.9 Å². The second kappa shape index (κ2) is 19.4. The first-order chi connectivity index (χ1) is 29.0. The number of aryl methyl sites for hydroxylation is 2. The minimum atomic E-state index is -0.655. The second-order valence-electron chi connectivity index (χ2n) is 15.2. The second-order valence-corrected chi connectivity index (χ2v) is 16.8. The van der Waals surface area contributed by atoms with Gasteiger partial charge in [-0.15, -0.1) is 0 Å². The van der Waals surface area contributed by atoms with Crippen molar-refractivity contribution in [3.63, 3.8) is 0 Å². The third-order valence-electron chi connectivity index (χ3n) is 10.4. The molecule has 60 heavy (non-hydrogen) atoms. The van der Waals surface area contributed by atoms with Gasteiger partial charge in [0, 0.05) is 62.6 Å². The Labute approximate surface area is 356 Å². The van der Waals surface area contributed by atoms with E-state index in [2.05, 4.69) is 59.3 Å². The van der Waals surface area contributed by atoms with E-state index in [1.807, 2.05) is 50.2 Å². The quantitative estimate of drug-likeness (QED) is 0.107. The van der Waals surface area contributed by atoms with Crippen LogP contribution in [0.1, 0.15) is 87.7 Å². The van der Waals surface area contributed by atoms with Crippen LogP contribution in [-0.2, 0) is 0 Å². The molecule has 2 atom stereocenters. The van der Waals surface area contributed by atoms with E-state index in [-0.39, 0.29) is 29.4 Å². The highest BCUT2D eigenvalue weighted by atomic mass is 32.1. The summed E-state index contributed by atoms with van der Waals surface area (Å²) in [5.41, 5.74) is 20.7. The van der Waals surface area contributed by atoms with Gasteiger partial charge >= 0.3 is 0 Å². The molecule has 1 aromatic carbocycles. The van der Waals surface area contributed by atoms with Gasteiger partial charge in [-0.2, -0.15) is 8.75 Å². The fourth-order valence-corrected chi connectivity index (χ4v) is 8.76. The molecule has 3 amide bonds. The maximum absolute atomic E-state index is 13.0. The third-order valence-corrected chi connectivity index (χ3v) is 12.0. The molecule has 9 N–H and O–H groups in total. The van der Waals surface area contributed by atoms with Crippen molar-refractivity contribution in [1.82, 2.24) is 34.0 Å². The molecule has 0 radical (unpaired) electrons. The van der Waals surface area contributed by atoms with E-state index in [9.17, 15) is 14.4 Å². The molecule has 0 aliphatic carbocycles. The first-order valence-corrected chi connectivity index (χ1v) is 21.7. The van der Waals surface area contributed by atoms with Gasteiger partial charge in [0.15, 0.2) is 23.0 Å². The van der Waals surface area contributed by atoms with Crippen LogP contribution in [0, 0.1) is 13.8 Å². The molecule has 4 aromatic heterocycles. The predicted octanol–water partition coefficient (Wildman–Crippen LogP) is 4.48. The van der Waals surface area contributed by atoms with Crippen molar-refractivity contribution in [2.75, 3.05) is 64.6 Å². The summed E-state index contributed by atoms with van der Waals surface area (Å²) >= 11 is 2.57. The molecular weight excluding hydrogens is 803 g/mol. The molecule has 18 nitrogen and oxygen atoms in total. The Morgan fingerprint density at radius 3 is 1.70 bits per heavy atom. The molecule has 3 aliphatic rings. The summed E-state index contributed by atoms with van der Waals surface area (Å²) in [6.45, 7) is 8.92. The van der Waals surface area contributed by atoms with Gasteiger partial charge in [0.05, 0.1) is 23.8 Å². The molecule has 0 unspecified atom stereocenters. The molecule has 7 heterocycles. The van der Waals surface area contributed by atoms with Crippen LogP contribution in [0.4, 0.5) is 39.0 Å². The molecule has 0 saturated carbocycles. The molecule has 5 aromatic rings. The van der Waals surface area contributed by atoms with E-state index in [1.54, 1.807) is 12.4 Å². The number of hydrogen-bond acceptors (Lipinski definition) is 17. The number of amides is 3. The number of nitrogens with zero attached hydrogens (tertiary/aromatic N) is 9. The van der Waals surface area contributed by atoms with Gasteiger partial charge < -0.3 is 47.9 Å². The number of rotatable bonds is 11. The molecule has 0 bridgehead atoms. The first kappa shape index (κ1) is 42.1. The van der Waals surface area contributed by atoms with Gasteiger partial charge in [-0.25, -0.2) is 19.9 Å². The van der Waals surface area contributed by atoms with Gasteiger partial charge in [0.1, 0.15) is 21.6 Å². The predicted molar refractivity (Wildman–Crippen MR) is 236 cm³/mol. The number of piperidine rings is 3. The Bertz CT molecular complexity index is 2280. The Morgan fingerprint density at radius 1 is 0.683 bits per heavy atom. The normalized spacial score (nSPS) is 17.9. The summed E-state index contributed by atoms with van der Waals surface area (Å²) in [6.07, 6.45) is 10.7. The van der Waals surface area contributed by atoms with Gasteiger partial charge in [-0.3, -0.25) is 14.4 Å². The summed E-state index contributed by atoms with van der Waals surface area (Å²) < 4.78 is 8.45. The molecule has 8 rings (SSSR count). The van der Waals surface area contributed by atoms with Crippen molar-refractivity contribution in [1.29, 1.82) is 0 Å². The number of aromatic nitrogens is 6. The van der Waals surface area contributed by atoms with Crippen molar-refractivity contribution in [2.24, 2.45) is 17.2 Å². The lowest BCUT2D eigenvalue weighted by Gasteiger charge is -2.34. The summed E-state index contributed by atoms with van der Waals surface area (Å²) in [4.78, 5) is 60.7. The van der Waals surface area contributed by atoms with Crippen LogP contribution >= 0.6 is 23.1 Å². The van der Waals surface area contributed by atoms with Crippen LogP contribution in [-0.4, -0.2) is 97.8 Å². The van der Waals surface area contributed by atoms with E-state index in [1.165, 1.54) is 48.0 Å². The van der Waals surface area contributed by atoms with Gasteiger partial charge in [0.2, 0.25) is 0 Å². The van der Waals surface area contributed by atoms with Gasteiger partial charge in [-0.05, 0) is 118 Å².